The zero-order chi connectivity index (χ0) is 24.2. The van der Waals surface area contributed by atoms with Crippen molar-refractivity contribution in [3.05, 3.63) is 77.4 Å². The van der Waals surface area contributed by atoms with Gasteiger partial charge in [-0.05, 0) is 44.0 Å². The number of carbonyl (C=O) groups excluding carboxylic acids is 2. The number of aromatic amines is 1. The number of ether oxygens (including phenoxy) is 1. The van der Waals surface area contributed by atoms with Crippen molar-refractivity contribution in [2.75, 3.05) is 17.2 Å². The number of aryl methyl sites for hydroxylation is 2. The van der Waals surface area contributed by atoms with E-state index in [1.807, 2.05) is 43.3 Å². The fraction of sp³-hybridized carbons (Fsp3) is 0.231. The molecule has 0 fully saturated rings. The fourth-order valence-corrected chi connectivity index (χ4v) is 4.17. The van der Waals surface area contributed by atoms with Crippen LogP contribution in [-0.2, 0) is 22.6 Å². The lowest BCUT2D eigenvalue weighted by atomic mass is 9.95. The Balaban J connectivity index is 1.35. The maximum Gasteiger partial charge on any atom is 0.251 e. The van der Waals surface area contributed by atoms with E-state index in [9.17, 15) is 9.59 Å². The largest absolute Gasteiger partial charge is 0.364 e. The van der Waals surface area contributed by atoms with Crippen LogP contribution in [0.3, 0.4) is 0 Å². The van der Waals surface area contributed by atoms with Crippen molar-refractivity contribution < 1.29 is 18.8 Å². The molecular formula is C26H25N5O4. The molecule has 0 atom stereocenters. The van der Waals surface area contributed by atoms with Gasteiger partial charge in [-0.2, -0.15) is 0 Å². The van der Waals surface area contributed by atoms with E-state index >= 15 is 0 Å². The summed E-state index contributed by atoms with van der Waals surface area (Å²) in [5.74, 6) is 0.721. The topological polar surface area (TPSA) is 122 Å². The highest BCUT2D eigenvalue weighted by Crippen LogP contribution is 2.39. The summed E-state index contributed by atoms with van der Waals surface area (Å²) in [5.41, 5.74) is 5.59. The highest BCUT2D eigenvalue weighted by molar-refractivity contribution is 6.07. The van der Waals surface area contributed by atoms with Crippen molar-refractivity contribution in [3.8, 4) is 11.3 Å². The van der Waals surface area contributed by atoms with Gasteiger partial charge in [0.05, 0.1) is 22.6 Å². The van der Waals surface area contributed by atoms with E-state index < -0.39 is 0 Å². The third-order valence-corrected chi connectivity index (χ3v) is 5.70. The van der Waals surface area contributed by atoms with Crippen molar-refractivity contribution >= 4 is 28.9 Å². The van der Waals surface area contributed by atoms with Crippen LogP contribution in [0.15, 0.2) is 59.3 Å². The summed E-state index contributed by atoms with van der Waals surface area (Å²) in [6.45, 7) is 1.81. The Bertz CT molecular complexity index is 1360. The summed E-state index contributed by atoms with van der Waals surface area (Å²) in [6, 6.07) is 15.1. The highest BCUT2D eigenvalue weighted by atomic mass is 16.5. The molecule has 1 aliphatic rings. The van der Waals surface area contributed by atoms with E-state index in [1.165, 1.54) is 0 Å². The van der Waals surface area contributed by atoms with E-state index in [0.717, 1.165) is 46.9 Å². The van der Waals surface area contributed by atoms with Gasteiger partial charge in [-0.25, -0.2) is 4.98 Å². The minimum atomic E-state index is -0.338. The number of aromatic nitrogens is 3. The number of benzene rings is 1. The van der Waals surface area contributed by atoms with Crippen LogP contribution in [0.25, 0.3) is 11.3 Å². The molecule has 0 unspecified atom stereocenters. The number of fused-ring (bicyclic) bond motifs is 1. The van der Waals surface area contributed by atoms with E-state index in [-0.39, 0.29) is 24.9 Å². The number of H-pyrrole nitrogens is 1. The summed E-state index contributed by atoms with van der Waals surface area (Å²) in [4.78, 5) is 32.9. The molecule has 9 nitrogen and oxygen atoms in total. The maximum atomic E-state index is 12.8. The third-order valence-electron chi connectivity index (χ3n) is 5.70. The molecule has 1 amide bonds. The van der Waals surface area contributed by atoms with Crippen molar-refractivity contribution in [1.29, 1.82) is 0 Å². The first-order valence-electron chi connectivity index (χ1n) is 11.4. The van der Waals surface area contributed by atoms with Gasteiger partial charge in [0.2, 0.25) is 0 Å². The predicted octanol–water partition coefficient (Wildman–Crippen LogP) is 4.79. The Morgan fingerprint density at radius 3 is 2.83 bits per heavy atom. The Morgan fingerprint density at radius 1 is 1.17 bits per heavy atom. The molecular weight excluding hydrogens is 446 g/mol. The number of Topliss-reactive ketones (excluding diaryl/α,β-unsaturated/α-hetero) is 1. The molecule has 0 saturated carbocycles. The van der Waals surface area contributed by atoms with Gasteiger partial charge in [-0.15, -0.1) is 0 Å². The van der Waals surface area contributed by atoms with Crippen LogP contribution in [0.2, 0.25) is 0 Å². The third kappa shape index (κ3) is 5.15. The molecule has 1 aromatic carbocycles. The molecule has 9 heteroatoms. The summed E-state index contributed by atoms with van der Waals surface area (Å²) in [6.07, 6.45) is 3.78. The molecule has 0 radical (unpaired) electrons. The number of rotatable bonds is 8. The van der Waals surface area contributed by atoms with Crippen molar-refractivity contribution in [2.45, 2.75) is 32.8 Å². The highest BCUT2D eigenvalue weighted by Gasteiger charge is 2.27. The van der Waals surface area contributed by atoms with E-state index in [1.54, 1.807) is 18.3 Å². The molecule has 1 aliphatic carbocycles. The second kappa shape index (κ2) is 9.94. The number of pyridine rings is 1. The summed E-state index contributed by atoms with van der Waals surface area (Å²) in [5, 5.41) is 9.97. The summed E-state index contributed by atoms with van der Waals surface area (Å²) in [7, 11) is 0. The van der Waals surface area contributed by atoms with Gasteiger partial charge < -0.3 is 24.9 Å². The van der Waals surface area contributed by atoms with Crippen LogP contribution in [0.5, 0.6) is 0 Å². The van der Waals surface area contributed by atoms with Crippen molar-refractivity contribution in [2.24, 2.45) is 0 Å². The minimum absolute atomic E-state index is 0.119. The Kier molecular flexibility index (Phi) is 6.40. The number of para-hydroxylation sites is 1. The van der Waals surface area contributed by atoms with Crippen molar-refractivity contribution in [3.63, 3.8) is 0 Å². The zero-order valence-corrected chi connectivity index (χ0v) is 19.3. The molecule has 0 spiro atoms. The monoisotopic (exact) mass is 471 g/mol. The molecule has 3 N–H and O–H groups in total. The number of hydrogen-bond donors (Lipinski definition) is 3. The lowest BCUT2D eigenvalue weighted by molar-refractivity contribution is -0.121. The summed E-state index contributed by atoms with van der Waals surface area (Å²) < 4.78 is 10.5. The average molecular weight is 472 g/mol. The molecule has 3 aromatic heterocycles. The number of nitrogens with one attached hydrogen (secondary N) is 3. The Labute approximate surface area is 201 Å². The number of amides is 1. The second-order valence-electron chi connectivity index (χ2n) is 8.40. The minimum Gasteiger partial charge on any atom is -0.364 e. The first kappa shape index (κ1) is 22.5. The van der Waals surface area contributed by atoms with Crippen LogP contribution < -0.4 is 10.6 Å². The quantitative estimate of drug-likeness (QED) is 0.338. The number of nitrogens with zero attached hydrogens (tertiary/aromatic N) is 2. The molecule has 0 aliphatic heterocycles. The van der Waals surface area contributed by atoms with E-state index in [2.05, 4.69) is 25.8 Å². The Hall–Kier alpha value is -4.24. The van der Waals surface area contributed by atoms with E-state index in [0.29, 0.717) is 23.6 Å². The fourth-order valence-electron chi connectivity index (χ4n) is 4.17. The number of anilines is 3. The first-order valence-corrected chi connectivity index (χ1v) is 11.4. The number of carbonyl (C=O) groups is 2. The van der Waals surface area contributed by atoms with Crippen LogP contribution in [0, 0.1) is 6.92 Å². The average Bonchev–Trinajstić information content (AvgIpc) is 3.44. The predicted molar refractivity (Wildman–Crippen MR) is 131 cm³/mol. The van der Waals surface area contributed by atoms with Gasteiger partial charge in [-0.3, -0.25) is 9.59 Å². The lowest BCUT2D eigenvalue weighted by Gasteiger charge is -2.14. The molecule has 0 bridgehead atoms. The van der Waals surface area contributed by atoms with Crippen LogP contribution in [-0.4, -0.2) is 33.4 Å². The number of ketones is 1. The molecule has 3 heterocycles. The standard InChI is InChI=1S/C26H25N5O4/c1-16-12-19(35-31-16)14-34-15-23(33)30-22-13-17(10-11-27-22)25-26(28-18-6-3-2-4-7-18)24-20(29-25)8-5-9-21(24)32/h2-4,6-7,10-13,28-29H,5,8-9,14-15H2,1H3,(H,27,30,33). The molecule has 4 aromatic rings. The molecule has 178 valence electrons. The molecule has 35 heavy (non-hydrogen) atoms. The van der Waals surface area contributed by atoms with Gasteiger partial charge in [-0.1, -0.05) is 23.4 Å². The first-order chi connectivity index (χ1) is 17.1. The molecule has 5 rings (SSSR count). The number of hydrogen-bond acceptors (Lipinski definition) is 7. The van der Waals surface area contributed by atoms with Crippen molar-refractivity contribution in [1.82, 2.24) is 15.1 Å². The SMILES string of the molecule is Cc1cc(COCC(=O)Nc2cc(-c3[nH]c4c(c3Nc3ccccc3)C(=O)CCC4)ccn2)on1. The second-order valence-corrected chi connectivity index (χ2v) is 8.40. The normalized spacial score (nSPS) is 12.9. The van der Waals surface area contributed by atoms with E-state index in [4.69, 9.17) is 9.26 Å². The van der Waals surface area contributed by atoms with Crippen LogP contribution in [0.1, 0.15) is 40.3 Å². The van der Waals surface area contributed by atoms with Gasteiger partial charge in [0.15, 0.2) is 11.5 Å². The summed E-state index contributed by atoms with van der Waals surface area (Å²) >= 11 is 0. The smallest absolute Gasteiger partial charge is 0.251 e. The maximum absolute atomic E-state index is 12.8. The lowest BCUT2D eigenvalue weighted by Crippen LogP contribution is -2.18. The van der Waals surface area contributed by atoms with Gasteiger partial charge in [0.25, 0.3) is 5.91 Å². The van der Waals surface area contributed by atoms with Gasteiger partial charge in [0.1, 0.15) is 19.0 Å². The molecule has 0 saturated heterocycles. The van der Waals surface area contributed by atoms with Gasteiger partial charge in [0, 0.05) is 35.6 Å². The van der Waals surface area contributed by atoms with Crippen LogP contribution >= 0.6 is 0 Å². The Morgan fingerprint density at radius 2 is 2.03 bits per heavy atom. The van der Waals surface area contributed by atoms with Crippen LogP contribution in [0.4, 0.5) is 17.2 Å². The van der Waals surface area contributed by atoms with Gasteiger partial charge >= 0.3 is 0 Å². The zero-order valence-electron chi connectivity index (χ0n) is 19.3.